The number of carbonyl (C=O) groups excluding carboxylic acids is 1. The van der Waals surface area contributed by atoms with Crippen LogP contribution in [0.5, 0.6) is 0 Å². The van der Waals surface area contributed by atoms with Crippen LogP contribution in [0.25, 0.3) is 27.4 Å². The maximum atomic E-state index is 13.5. The molecule has 3 aromatic heterocycles. The van der Waals surface area contributed by atoms with E-state index in [4.69, 9.17) is 9.63 Å². The van der Waals surface area contributed by atoms with E-state index >= 15 is 0 Å². The molecule has 7 heteroatoms. The number of aromatic nitrogens is 2. The molecule has 0 aliphatic carbocycles. The van der Waals surface area contributed by atoms with Crippen molar-refractivity contribution in [3.05, 3.63) is 132 Å². The van der Waals surface area contributed by atoms with Gasteiger partial charge in [0.15, 0.2) is 0 Å². The van der Waals surface area contributed by atoms with Crippen LogP contribution in [0.4, 0.5) is 0 Å². The van der Waals surface area contributed by atoms with Gasteiger partial charge >= 0.3 is 5.97 Å². The molecule has 0 atom stereocenters. The van der Waals surface area contributed by atoms with Gasteiger partial charge in [0.1, 0.15) is 6.26 Å². The van der Waals surface area contributed by atoms with E-state index < -0.39 is 5.97 Å². The highest BCUT2D eigenvalue weighted by Crippen LogP contribution is 2.28. The Morgan fingerprint density at radius 2 is 1.68 bits per heavy atom. The van der Waals surface area contributed by atoms with E-state index in [2.05, 4.69) is 40.8 Å². The zero-order valence-electron chi connectivity index (χ0n) is 20.3. The first-order valence-corrected chi connectivity index (χ1v) is 12.2. The first kappa shape index (κ1) is 23.2. The highest BCUT2D eigenvalue weighted by atomic mass is 16.5. The van der Waals surface area contributed by atoms with Gasteiger partial charge in [0.2, 0.25) is 0 Å². The first-order chi connectivity index (χ1) is 18.5. The Morgan fingerprint density at radius 1 is 0.895 bits per heavy atom. The van der Waals surface area contributed by atoms with Gasteiger partial charge < -0.3 is 19.3 Å². The minimum absolute atomic E-state index is 0.203. The van der Waals surface area contributed by atoms with E-state index in [-0.39, 0.29) is 18.0 Å². The fraction of sp³-hybridized carbons (Fsp3) is 0.0645. The SMILES string of the molecule is O=C(O)c1ccc(CNC(=O)c2cc(-c3cnoc3)cn3ccc(Cc4ccc5ccccc5c4)c23)cc1. The number of hydrogen-bond donors (Lipinski definition) is 2. The van der Waals surface area contributed by atoms with E-state index in [1.165, 1.54) is 22.9 Å². The van der Waals surface area contributed by atoms with Crippen molar-refractivity contribution in [3.8, 4) is 11.1 Å². The number of pyridine rings is 1. The van der Waals surface area contributed by atoms with Gasteiger partial charge in [0.25, 0.3) is 5.91 Å². The summed E-state index contributed by atoms with van der Waals surface area (Å²) in [5.41, 5.74) is 6.15. The van der Waals surface area contributed by atoms with Gasteiger partial charge in [-0.25, -0.2) is 4.79 Å². The summed E-state index contributed by atoms with van der Waals surface area (Å²) in [4.78, 5) is 24.7. The average Bonchev–Trinajstić information content (AvgIpc) is 3.62. The summed E-state index contributed by atoms with van der Waals surface area (Å²) < 4.78 is 7.00. The van der Waals surface area contributed by atoms with Crippen molar-refractivity contribution >= 4 is 28.2 Å². The lowest BCUT2D eigenvalue weighted by molar-refractivity contribution is 0.0696. The van der Waals surface area contributed by atoms with Crippen LogP contribution >= 0.6 is 0 Å². The lowest BCUT2D eigenvalue weighted by Gasteiger charge is -2.12. The van der Waals surface area contributed by atoms with E-state index in [0.29, 0.717) is 12.0 Å². The Kier molecular flexibility index (Phi) is 5.94. The molecule has 0 aliphatic rings. The predicted octanol–water partition coefficient (Wildman–Crippen LogP) is 5.97. The normalized spacial score (nSPS) is 11.2. The van der Waals surface area contributed by atoms with Crippen molar-refractivity contribution < 1.29 is 19.2 Å². The number of carboxylic acids is 1. The molecule has 0 fully saturated rings. The standard InChI is InChI=1S/C31H23N3O4/c35-30(32-16-20-5-9-23(10-6-20)31(36)37)28-15-26(27-17-33-38-19-27)18-34-12-11-25(29(28)34)14-21-7-8-22-3-1-2-4-24(22)13-21/h1-13,15,17-19H,14,16H2,(H,32,35)(H,36,37). The molecule has 2 N–H and O–H groups in total. The molecule has 0 saturated heterocycles. The number of fused-ring (bicyclic) bond motifs is 2. The van der Waals surface area contributed by atoms with Crippen LogP contribution in [0.3, 0.4) is 0 Å². The molecular weight excluding hydrogens is 478 g/mol. The third kappa shape index (κ3) is 4.53. The summed E-state index contributed by atoms with van der Waals surface area (Å²) in [6.07, 6.45) is 7.76. The molecule has 6 aromatic rings. The Hall–Kier alpha value is -5.17. The molecular formula is C31H23N3O4. The molecule has 0 unspecified atom stereocenters. The van der Waals surface area contributed by atoms with Crippen molar-refractivity contribution in [2.75, 3.05) is 0 Å². The topological polar surface area (TPSA) is 96.8 Å². The second-order valence-electron chi connectivity index (χ2n) is 9.20. The molecule has 0 saturated carbocycles. The summed E-state index contributed by atoms with van der Waals surface area (Å²) in [7, 11) is 0. The molecule has 38 heavy (non-hydrogen) atoms. The molecule has 1 amide bonds. The maximum Gasteiger partial charge on any atom is 0.335 e. The van der Waals surface area contributed by atoms with Crippen LogP contribution in [-0.4, -0.2) is 26.5 Å². The lowest BCUT2D eigenvalue weighted by atomic mass is 9.99. The van der Waals surface area contributed by atoms with E-state index in [9.17, 15) is 9.59 Å². The number of rotatable bonds is 7. The Morgan fingerprint density at radius 3 is 2.45 bits per heavy atom. The van der Waals surface area contributed by atoms with Crippen molar-refractivity contribution in [1.29, 1.82) is 0 Å². The predicted molar refractivity (Wildman–Crippen MR) is 144 cm³/mol. The number of amides is 1. The van der Waals surface area contributed by atoms with Crippen LogP contribution in [-0.2, 0) is 13.0 Å². The molecule has 0 aliphatic heterocycles. The largest absolute Gasteiger partial charge is 0.478 e. The number of carboxylic acid groups (broad SMARTS) is 1. The third-order valence-electron chi connectivity index (χ3n) is 6.70. The van der Waals surface area contributed by atoms with Gasteiger partial charge in [-0.15, -0.1) is 0 Å². The highest BCUT2D eigenvalue weighted by molar-refractivity contribution is 6.03. The second kappa shape index (κ2) is 9.71. The first-order valence-electron chi connectivity index (χ1n) is 12.2. The summed E-state index contributed by atoms with van der Waals surface area (Å²) in [5.74, 6) is -1.21. The van der Waals surface area contributed by atoms with Crippen LogP contribution in [0.1, 0.15) is 37.4 Å². The minimum Gasteiger partial charge on any atom is -0.478 e. The maximum absolute atomic E-state index is 13.5. The molecule has 0 spiro atoms. The van der Waals surface area contributed by atoms with Crippen molar-refractivity contribution in [2.24, 2.45) is 0 Å². The summed E-state index contributed by atoms with van der Waals surface area (Å²) in [6, 6.07) is 25.1. The van der Waals surface area contributed by atoms with Crippen LogP contribution in [0.2, 0.25) is 0 Å². The smallest absolute Gasteiger partial charge is 0.335 e. The Labute approximate surface area is 217 Å². The number of hydrogen-bond acceptors (Lipinski definition) is 4. The number of nitrogens with zero attached hydrogens (tertiary/aromatic N) is 2. The van der Waals surface area contributed by atoms with E-state index in [0.717, 1.165) is 33.3 Å². The molecule has 186 valence electrons. The summed E-state index contributed by atoms with van der Waals surface area (Å²) in [6.45, 7) is 0.267. The molecule has 3 aromatic carbocycles. The average molecular weight is 502 g/mol. The monoisotopic (exact) mass is 501 g/mol. The number of nitrogens with one attached hydrogen (secondary N) is 1. The number of benzene rings is 3. The summed E-state index contributed by atoms with van der Waals surface area (Å²) in [5, 5.41) is 18.3. The number of carbonyl (C=O) groups is 2. The quantitative estimate of drug-likeness (QED) is 0.281. The van der Waals surface area contributed by atoms with Crippen molar-refractivity contribution in [3.63, 3.8) is 0 Å². The lowest BCUT2D eigenvalue weighted by Crippen LogP contribution is -2.23. The fourth-order valence-electron chi connectivity index (χ4n) is 4.75. The molecule has 3 heterocycles. The van der Waals surface area contributed by atoms with Gasteiger partial charge in [-0.05, 0) is 58.1 Å². The van der Waals surface area contributed by atoms with Gasteiger partial charge in [0.05, 0.1) is 22.8 Å². The van der Waals surface area contributed by atoms with Gasteiger partial charge in [0, 0.05) is 30.1 Å². The zero-order chi connectivity index (χ0) is 26.1. The molecule has 6 rings (SSSR count). The van der Waals surface area contributed by atoms with Gasteiger partial charge in [-0.2, -0.15) is 0 Å². The zero-order valence-corrected chi connectivity index (χ0v) is 20.3. The van der Waals surface area contributed by atoms with E-state index in [1.54, 1.807) is 24.6 Å². The highest BCUT2D eigenvalue weighted by Gasteiger charge is 2.18. The van der Waals surface area contributed by atoms with Crippen molar-refractivity contribution in [1.82, 2.24) is 14.9 Å². The van der Waals surface area contributed by atoms with Crippen molar-refractivity contribution in [2.45, 2.75) is 13.0 Å². The van der Waals surface area contributed by atoms with Gasteiger partial charge in [-0.3, -0.25) is 4.79 Å². The second-order valence-corrected chi connectivity index (χ2v) is 9.20. The Bertz CT molecular complexity index is 1780. The van der Waals surface area contributed by atoms with E-state index in [1.807, 2.05) is 41.1 Å². The summed E-state index contributed by atoms with van der Waals surface area (Å²) >= 11 is 0. The van der Waals surface area contributed by atoms with Gasteiger partial charge in [-0.1, -0.05) is 59.8 Å². The number of aromatic carboxylic acids is 1. The van der Waals surface area contributed by atoms with Crippen LogP contribution < -0.4 is 5.32 Å². The fourth-order valence-corrected chi connectivity index (χ4v) is 4.75. The molecule has 7 nitrogen and oxygen atoms in total. The molecule has 0 bridgehead atoms. The van der Waals surface area contributed by atoms with Crippen LogP contribution in [0.15, 0.2) is 108 Å². The Balaban J connectivity index is 1.35. The minimum atomic E-state index is -0.985. The molecule has 0 radical (unpaired) electrons. The third-order valence-corrected chi connectivity index (χ3v) is 6.70. The van der Waals surface area contributed by atoms with Crippen LogP contribution in [0, 0.1) is 0 Å².